The second-order valence-electron chi connectivity index (χ2n) is 5.47. The third kappa shape index (κ3) is 3.79. The van der Waals surface area contributed by atoms with E-state index in [0.29, 0.717) is 5.91 Å². The van der Waals surface area contributed by atoms with Crippen LogP contribution >= 0.6 is 0 Å². The molecule has 20 heavy (non-hydrogen) atoms. The fourth-order valence-electron chi connectivity index (χ4n) is 2.77. The third-order valence-electron chi connectivity index (χ3n) is 4.17. The molecule has 0 atom stereocenters. The van der Waals surface area contributed by atoms with Crippen LogP contribution in [0, 0.1) is 5.92 Å². The molecule has 2 heterocycles. The molecular formula is C16H25N3O. The number of aromatic nitrogens is 1. The third-order valence-corrected chi connectivity index (χ3v) is 4.17. The zero-order valence-electron chi connectivity index (χ0n) is 12.6. The molecule has 1 aliphatic rings. The number of amides is 1. The molecule has 0 saturated carbocycles. The maximum absolute atomic E-state index is 12.3. The molecule has 0 bridgehead atoms. The van der Waals surface area contributed by atoms with Crippen molar-refractivity contribution >= 4 is 5.91 Å². The van der Waals surface area contributed by atoms with Crippen molar-refractivity contribution in [2.75, 3.05) is 26.2 Å². The first-order valence-corrected chi connectivity index (χ1v) is 7.64. The van der Waals surface area contributed by atoms with Crippen LogP contribution in [0.4, 0.5) is 0 Å². The van der Waals surface area contributed by atoms with Gasteiger partial charge in [-0.2, -0.15) is 0 Å². The average Bonchev–Trinajstić information content (AvgIpc) is 2.50. The number of pyridine rings is 1. The summed E-state index contributed by atoms with van der Waals surface area (Å²) in [7, 11) is 0. The quantitative estimate of drug-likeness (QED) is 0.826. The Hall–Kier alpha value is -1.42. The molecule has 4 nitrogen and oxygen atoms in total. The molecular weight excluding hydrogens is 250 g/mol. The number of piperazine rings is 1. The van der Waals surface area contributed by atoms with E-state index in [-0.39, 0.29) is 5.92 Å². The van der Waals surface area contributed by atoms with E-state index in [1.165, 1.54) is 5.56 Å². The van der Waals surface area contributed by atoms with Crippen LogP contribution in [0.3, 0.4) is 0 Å². The molecule has 0 N–H and O–H groups in total. The molecule has 2 rings (SSSR count). The predicted octanol–water partition coefficient (Wildman–Crippen LogP) is 2.16. The fourth-order valence-corrected chi connectivity index (χ4v) is 2.77. The molecule has 4 heteroatoms. The zero-order valence-corrected chi connectivity index (χ0v) is 12.6. The molecule has 1 aromatic heterocycles. The van der Waals surface area contributed by atoms with Gasteiger partial charge in [0.05, 0.1) is 0 Å². The molecule has 0 radical (unpaired) electrons. The minimum absolute atomic E-state index is 0.210. The van der Waals surface area contributed by atoms with E-state index in [1.54, 1.807) is 0 Å². The summed E-state index contributed by atoms with van der Waals surface area (Å²) >= 11 is 0. The van der Waals surface area contributed by atoms with Crippen molar-refractivity contribution in [2.24, 2.45) is 5.92 Å². The molecule has 1 amide bonds. The maximum Gasteiger partial charge on any atom is 0.225 e. The molecule has 110 valence electrons. The standard InChI is InChI=1S/C16H25N3O/c1-3-15(4-2)16(20)19-11-9-18(10-12-19)13-14-5-7-17-8-6-14/h5-8,15H,3-4,9-13H2,1-2H3. The van der Waals surface area contributed by atoms with Gasteiger partial charge >= 0.3 is 0 Å². The van der Waals surface area contributed by atoms with E-state index < -0.39 is 0 Å². The highest BCUT2D eigenvalue weighted by atomic mass is 16.2. The van der Waals surface area contributed by atoms with E-state index in [2.05, 4.69) is 35.9 Å². The predicted molar refractivity (Wildman–Crippen MR) is 80.2 cm³/mol. The molecule has 1 saturated heterocycles. The van der Waals surface area contributed by atoms with Gasteiger partial charge in [0, 0.05) is 51.0 Å². The second kappa shape index (κ2) is 7.39. The molecule has 0 spiro atoms. The van der Waals surface area contributed by atoms with E-state index in [1.807, 2.05) is 17.3 Å². The van der Waals surface area contributed by atoms with Crippen molar-refractivity contribution in [1.29, 1.82) is 0 Å². The van der Waals surface area contributed by atoms with Gasteiger partial charge in [-0.1, -0.05) is 13.8 Å². The molecule has 0 aliphatic carbocycles. The largest absolute Gasteiger partial charge is 0.340 e. The lowest BCUT2D eigenvalue weighted by atomic mass is 10.0. The van der Waals surface area contributed by atoms with Gasteiger partial charge in [0.25, 0.3) is 0 Å². The SMILES string of the molecule is CCC(CC)C(=O)N1CCN(Cc2ccncc2)CC1. The van der Waals surface area contributed by atoms with Crippen LogP contribution in [0.1, 0.15) is 32.3 Å². The van der Waals surface area contributed by atoms with Crippen LogP contribution < -0.4 is 0 Å². The number of nitrogens with zero attached hydrogens (tertiary/aromatic N) is 3. The monoisotopic (exact) mass is 275 g/mol. The first kappa shape index (κ1) is 15.0. The van der Waals surface area contributed by atoms with Gasteiger partial charge in [0.1, 0.15) is 0 Å². The van der Waals surface area contributed by atoms with Gasteiger partial charge in [0.15, 0.2) is 0 Å². The highest BCUT2D eigenvalue weighted by Crippen LogP contribution is 2.15. The Balaban J connectivity index is 1.82. The van der Waals surface area contributed by atoms with Crippen LogP contribution in [-0.4, -0.2) is 46.9 Å². The summed E-state index contributed by atoms with van der Waals surface area (Å²) in [5.41, 5.74) is 1.29. The fraction of sp³-hybridized carbons (Fsp3) is 0.625. The summed E-state index contributed by atoms with van der Waals surface area (Å²) in [6.45, 7) is 8.82. The molecule has 1 fully saturated rings. The minimum atomic E-state index is 0.210. The minimum Gasteiger partial charge on any atom is -0.340 e. The lowest BCUT2D eigenvalue weighted by Crippen LogP contribution is -2.49. The summed E-state index contributed by atoms with van der Waals surface area (Å²) in [6, 6.07) is 4.11. The van der Waals surface area contributed by atoms with Gasteiger partial charge in [-0.25, -0.2) is 0 Å². The van der Waals surface area contributed by atoms with Gasteiger partial charge in [0.2, 0.25) is 5.91 Å². The summed E-state index contributed by atoms with van der Waals surface area (Å²) in [4.78, 5) is 20.8. The summed E-state index contributed by atoms with van der Waals surface area (Å²) in [5, 5.41) is 0. The number of rotatable bonds is 5. The van der Waals surface area contributed by atoms with Crippen LogP contribution in [0.15, 0.2) is 24.5 Å². The summed E-state index contributed by atoms with van der Waals surface area (Å²) in [6.07, 6.45) is 5.57. The van der Waals surface area contributed by atoms with E-state index in [4.69, 9.17) is 0 Å². The summed E-state index contributed by atoms with van der Waals surface area (Å²) < 4.78 is 0. The number of hydrogen-bond donors (Lipinski definition) is 0. The van der Waals surface area contributed by atoms with Crippen LogP contribution in [0.2, 0.25) is 0 Å². The number of carbonyl (C=O) groups excluding carboxylic acids is 1. The number of hydrogen-bond acceptors (Lipinski definition) is 3. The van der Waals surface area contributed by atoms with Gasteiger partial charge in [-0.3, -0.25) is 14.7 Å². The Morgan fingerprint density at radius 1 is 1.15 bits per heavy atom. The normalized spacial score (nSPS) is 16.6. The van der Waals surface area contributed by atoms with Crippen molar-refractivity contribution in [3.8, 4) is 0 Å². The van der Waals surface area contributed by atoms with Crippen molar-refractivity contribution in [3.63, 3.8) is 0 Å². The Morgan fingerprint density at radius 2 is 1.75 bits per heavy atom. The Bertz CT molecular complexity index is 409. The smallest absolute Gasteiger partial charge is 0.225 e. The lowest BCUT2D eigenvalue weighted by molar-refractivity contribution is -0.137. The van der Waals surface area contributed by atoms with Gasteiger partial charge in [-0.15, -0.1) is 0 Å². The molecule has 1 aromatic rings. The highest BCUT2D eigenvalue weighted by Gasteiger charge is 2.25. The molecule has 0 unspecified atom stereocenters. The first-order chi connectivity index (χ1) is 9.74. The Labute approximate surface area is 121 Å². The zero-order chi connectivity index (χ0) is 14.4. The van der Waals surface area contributed by atoms with Crippen LogP contribution in [-0.2, 0) is 11.3 Å². The van der Waals surface area contributed by atoms with Crippen molar-refractivity contribution < 1.29 is 4.79 Å². The molecule has 0 aromatic carbocycles. The van der Waals surface area contributed by atoms with Crippen molar-refractivity contribution in [1.82, 2.24) is 14.8 Å². The van der Waals surface area contributed by atoms with Gasteiger partial charge < -0.3 is 4.90 Å². The Morgan fingerprint density at radius 3 is 2.30 bits per heavy atom. The first-order valence-electron chi connectivity index (χ1n) is 7.64. The van der Waals surface area contributed by atoms with Gasteiger partial charge in [-0.05, 0) is 30.5 Å². The lowest BCUT2D eigenvalue weighted by Gasteiger charge is -2.36. The Kier molecular flexibility index (Phi) is 5.53. The molecule has 1 aliphatic heterocycles. The van der Waals surface area contributed by atoms with E-state index >= 15 is 0 Å². The average molecular weight is 275 g/mol. The highest BCUT2D eigenvalue weighted by molar-refractivity contribution is 5.78. The van der Waals surface area contributed by atoms with Crippen LogP contribution in [0.25, 0.3) is 0 Å². The maximum atomic E-state index is 12.3. The van der Waals surface area contributed by atoms with Crippen LogP contribution in [0.5, 0.6) is 0 Å². The number of carbonyl (C=O) groups is 1. The topological polar surface area (TPSA) is 36.4 Å². The van der Waals surface area contributed by atoms with Crippen molar-refractivity contribution in [3.05, 3.63) is 30.1 Å². The van der Waals surface area contributed by atoms with Crippen molar-refractivity contribution in [2.45, 2.75) is 33.2 Å². The van der Waals surface area contributed by atoms with E-state index in [0.717, 1.165) is 45.6 Å². The van der Waals surface area contributed by atoms with E-state index in [9.17, 15) is 4.79 Å². The summed E-state index contributed by atoms with van der Waals surface area (Å²) in [5.74, 6) is 0.556. The second-order valence-corrected chi connectivity index (χ2v) is 5.47.